The molecule has 3 rings (SSSR count). The normalized spacial score (nSPS) is 18.2. The summed E-state index contributed by atoms with van der Waals surface area (Å²) in [7, 11) is 0. The maximum absolute atomic E-state index is 13.5. The van der Waals surface area contributed by atoms with Gasteiger partial charge in [-0.3, -0.25) is 9.89 Å². The maximum Gasteiger partial charge on any atom is 0.261 e. The van der Waals surface area contributed by atoms with Crippen molar-refractivity contribution >= 4 is 5.91 Å². The third kappa shape index (κ3) is 3.09. The average Bonchev–Trinajstić information content (AvgIpc) is 3.08. The van der Waals surface area contributed by atoms with Gasteiger partial charge in [-0.2, -0.15) is 5.10 Å². The Labute approximate surface area is 126 Å². The smallest absolute Gasteiger partial charge is 0.261 e. The Morgan fingerprint density at radius 1 is 1.45 bits per heavy atom. The van der Waals surface area contributed by atoms with Crippen molar-refractivity contribution in [3.63, 3.8) is 0 Å². The van der Waals surface area contributed by atoms with Gasteiger partial charge >= 0.3 is 0 Å². The van der Waals surface area contributed by atoms with Gasteiger partial charge in [0.2, 0.25) is 0 Å². The molecule has 1 amide bonds. The number of hydrogen-bond donors (Lipinski definition) is 1. The third-order valence-electron chi connectivity index (χ3n) is 3.52. The second-order valence-corrected chi connectivity index (χ2v) is 4.91. The van der Waals surface area contributed by atoms with Crippen molar-refractivity contribution in [1.82, 2.24) is 15.1 Å². The molecule has 6 nitrogen and oxygen atoms in total. The summed E-state index contributed by atoms with van der Waals surface area (Å²) in [5.74, 6) is -0.629. The molecule has 0 spiro atoms. The summed E-state index contributed by atoms with van der Waals surface area (Å²) >= 11 is 0. The minimum absolute atomic E-state index is 0.0715. The molecule has 116 valence electrons. The number of aromatic amines is 1. The van der Waals surface area contributed by atoms with Crippen LogP contribution in [-0.4, -0.2) is 47.4 Å². The molecule has 7 heteroatoms. The number of H-pyrrole nitrogens is 1. The van der Waals surface area contributed by atoms with Crippen LogP contribution in [0.5, 0.6) is 5.75 Å². The molecule has 1 aromatic carbocycles. The number of nitrogens with zero attached hydrogens (tertiary/aromatic N) is 2. The molecule has 0 bridgehead atoms. The Kier molecular flexibility index (Phi) is 4.34. The van der Waals surface area contributed by atoms with E-state index in [0.29, 0.717) is 19.8 Å². The molecule has 1 saturated heterocycles. The van der Waals surface area contributed by atoms with Gasteiger partial charge in [-0.05, 0) is 18.2 Å². The van der Waals surface area contributed by atoms with Crippen molar-refractivity contribution in [1.29, 1.82) is 0 Å². The fourth-order valence-corrected chi connectivity index (χ4v) is 2.40. The minimum Gasteiger partial charge on any atom is -0.481 e. The molecule has 2 aromatic rings. The van der Waals surface area contributed by atoms with E-state index < -0.39 is 5.82 Å². The Bertz CT molecular complexity index is 633. The van der Waals surface area contributed by atoms with Crippen molar-refractivity contribution in [2.45, 2.75) is 6.04 Å². The van der Waals surface area contributed by atoms with Crippen LogP contribution in [0.4, 0.5) is 4.39 Å². The zero-order valence-corrected chi connectivity index (χ0v) is 11.9. The van der Waals surface area contributed by atoms with Crippen LogP contribution in [0.3, 0.4) is 0 Å². The summed E-state index contributed by atoms with van der Waals surface area (Å²) in [5, 5.41) is 6.75. The summed E-state index contributed by atoms with van der Waals surface area (Å²) in [6, 6.07) is 7.59. The van der Waals surface area contributed by atoms with Crippen LogP contribution >= 0.6 is 0 Å². The lowest BCUT2D eigenvalue weighted by atomic mass is 10.1. The molecule has 0 saturated carbocycles. The van der Waals surface area contributed by atoms with Crippen LogP contribution in [0.15, 0.2) is 36.5 Å². The topological polar surface area (TPSA) is 67.4 Å². The van der Waals surface area contributed by atoms with Gasteiger partial charge in [-0.25, -0.2) is 4.39 Å². The fourth-order valence-electron chi connectivity index (χ4n) is 2.40. The zero-order chi connectivity index (χ0) is 15.4. The predicted molar refractivity (Wildman–Crippen MR) is 75.8 cm³/mol. The summed E-state index contributed by atoms with van der Waals surface area (Å²) in [6.07, 6.45) is 1.63. The van der Waals surface area contributed by atoms with Gasteiger partial charge in [0.15, 0.2) is 18.2 Å². The molecular weight excluding hydrogens is 289 g/mol. The predicted octanol–water partition coefficient (Wildman–Crippen LogP) is 1.53. The van der Waals surface area contributed by atoms with E-state index in [0.717, 1.165) is 5.69 Å². The SMILES string of the molecule is O=C(COc1ccccc1F)N1CCOC[C@@H]1c1ccn[nH]1. The number of para-hydroxylation sites is 1. The highest BCUT2D eigenvalue weighted by Gasteiger charge is 2.29. The number of hydrogen-bond acceptors (Lipinski definition) is 4. The summed E-state index contributed by atoms with van der Waals surface area (Å²) in [4.78, 5) is 14.0. The van der Waals surface area contributed by atoms with Crippen LogP contribution < -0.4 is 4.74 Å². The lowest BCUT2D eigenvalue weighted by molar-refractivity contribution is -0.142. The summed E-state index contributed by atoms with van der Waals surface area (Å²) in [5.41, 5.74) is 0.805. The van der Waals surface area contributed by atoms with Crippen molar-refractivity contribution in [2.75, 3.05) is 26.4 Å². The van der Waals surface area contributed by atoms with E-state index in [2.05, 4.69) is 10.2 Å². The Hall–Kier alpha value is -2.41. The van der Waals surface area contributed by atoms with E-state index in [9.17, 15) is 9.18 Å². The molecule has 1 aliphatic rings. The van der Waals surface area contributed by atoms with E-state index in [-0.39, 0.29) is 24.3 Å². The van der Waals surface area contributed by atoms with Gasteiger partial charge in [-0.1, -0.05) is 12.1 Å². The standard InChI is InChI=1S/C15H16FN3O3/c16-11-3-1-2-4-14(11)22-10-15(20)19-7-8-21-9-13(19)12-5-6-17-18-12/h1-6,13H,7-10H2,(H,17,18)/t13-/m1/s1. The average molecular weight is 305 g/mol. The highest BCUT2D eigenvalue weighted by Crippen LogP contribution is 2.23. The lowest BCUT2D eigenvalue weighted by Crippen LogP contribution is -2.45. The summed E-state index contributed by atoms with van der Waals surface area (Å²) < 4.78 is 24.2. The second kappa shape index (κ2) is 6.57. The first-order chi connectivity index (χ1) is 10.8. The number of benzene rings is 1. The first-order valence-electron chi connectivity index (χ1n) is 6.99. The number of halogens is 1. The van der Waals surface area contributed by atoms with Gasteiger partial charge in [0.25, 0.3) is 5.91 Å². The van der Waals surface area contributed by atoms with Gasteiger partial charge in [0.1, 0.15) is 0 Å². The fraction of sp³-hybridized carbons (Fsp3) is 0.333. The monoisotopic (exact) mass is 305 g/mol. The molecular formula is C15H16FN3O3. The number of carbonyl (C=O) groups is 1. The van der Waals surface area contributed by atoms with E-state index in [1.165, 1.54) is 12.1 Å². The van der Waals surface area contributed by atoms with E-state index in [1.54, 1.807) is 29.3 Å². The summed E-state index contributed by atoms with van der Waals surface area (Å²) in [6.45, 7) is 1.11. The Morgan fingerprint density at radius 3 is 3.09 bits per heavy atom. The maximum atomic E-state index is 13.5. The van der Waals surface area contributed by atoms with Crippen LogP contribution in [0.25, 0.3) is 0 Å². The molecule has 1 fully saturated rings. The highest BCUT2D eigenvalue weighted by atomic mass is 19.1. The zero-order valence-electron chi connectivity index (χ0n) is 11.9. The Balaban J connectivity index is 1.66. The van der Waals surface area contributed by atoms with Crippen molar-refractivity contribution in [3.8, 4) is 5.75 Å². The van der Waals surface area contributed by atoms with Gasteiger partial charge in [-0.15, -0.1) is 0 Å². The number of rotatable bonds is 4. The number of morpholine rings is 1. The first kappa shape index (κ1) is 14.5. The number of aromatic nitrogens is 2. The lowest BCUT2D eigenvalue weighted by Gasteiger charge is -2.34. The molecule has 0 radical (unpaired) electrons. The van der Waals surface area contributed by atoms with Crippen molar-refractivity contribution < 1.29 is 18.7 Å². The van der Waals surface area contributed by atoms with Crippen LogP contribution in [0, 0.1) is 5.82 Å². The molecule has 1 aromatic heterocycles. The van der Waals surface area contributed by atoms with E-state index in [4.69, 9.17) is 9.47 Å². The van der Waals surface area contributed by atoms with Crippen LogP contribution in [0.1, 0.15) is 11.7 Å². The molecule has 2 heterocycles. The molecule has 0 unspecified atom stereocenters. The van der Waals surface area contributed by atoms with Crippen molar-refractivity contribution in [2.24, 2.45) is 0 Å². The van der Waals surface area contributed by atoms with Gasteiger partial charge in [0.05, 0.1) is 24.9 Å². The van der Waals surface area contributed by atoms with Crippen molar-refractivity contribution in [3.05, 3.63) is 48.0 Å². The van der Waals surface area contributed by atoms with Crippen LogP contribution in [0.2, 0.25) is 0 Å². The second-order valence-electron chi connectivity index (χ2n) is 4.91. The highest BCUT2D eigenvalue weighted by molar-refractivity contribution is 5.78. The minimum atomic E-state index is -0.484. The van der Waals surface area contributed by atoms with Crippen LogP contribution in [-0.2, 0) is 9.53 Å². The third-order valence-corrected chi connectivity index (χ3v) is 3.52. The molecule has 0 aliphatic carbocycles. The first-order valence-corrected chi connectivity index (χ1v) is 6.99. The number of ether oxygens (including phenoxy) is 2. The molecule has 1 aliphatic heterocycles. The molecule has 1 atom stereocenters. The Morgan fingerprint density at radius 2 is 2.32 bits per heavy atom. The largest absolute Gasteiger partial charge is 0.481 e. The number of amides is 1. The van der Waals surface area contributed by atoms with Gasteiger partial charge < -0.3 is 14.4 Å². The number of carbonyl (C=O) groups excluding carboxylic acids is 1. The quantitative estimate of drug-likeness (QED) is 0.930. The molecule has 22 heavy (non-hydrogen) atoms. The molecule has 1 N–H and O–H groups in total. The van der Waals surface area contributed by atoms with E-state index >= 15 is 0 Å². The number of nitrogens with one attached hydrogen (secondary N) is 1. The van der Waals surface area contributed by atoms with E-state index in [1.807, 2.05) is 0 Å². The van der Waals surface area contributed by atoms with Gasteiger partial charge in [0, 0.05) is 12.7 Å².